The predicted octanol–water partition coefficient (Wildman–Crippen LogP) is 1.58. The first kappa shape index (κ1) is 8.62. The average Bonchev–Trinajstić information content (AvgIpc) is 2.18. The number of aromatic amines is 1. The highest BCUT2D eigenvalue weighted by molar-refractivity contribution is 5.60. The van der Waals surface area contributed by atoms with Crippen molar-refractivity contribution in [2.75, 3.05) is 0 Å². The number of benzene rings is 1. The molecule has 0 unspecified atom stereocenters. The van der Waals surface area contributed by atoms with Gasteiger partial charge in [-0.2, -0.15) is 0 Å². The molecule has 0 aliphatic heterocycles. The minimum Gasteiger partial charge on any atom is -0.313 e. The second kappa shape index (κ2) is 3.41. The van der Waals surface area contributed by atoms with E-state index in [0.717, 1.165) is 0 Å². The third kappa shape index (κ3) is 1.54. The summed E-state index contributed by atoms with van der Waals surface area (Å²) in [6.45, 7) is 0. The van der Waals surface area contributed by atoms with Crippen molar-refractivity contribution >= 4 is 0 Å². The van der Waals surface area contributed by atoms with Crippen molar-refractivity contribution in [2.24, 2.45) is 0 Å². The number of aromatic nitrogens is 2. The van der Waals surface area contributed by atoms with E-state index in [-0.39, 0.29) is 11.4 Å². The Kier molecular flexibility index (Phi) is 2.10. The van der Waals surface area contributed by atoms with Crippen LogP contribution in [0.25, 0.3) is 11.1 Å². The van der Waals surface area contributed by atoms with Crippen LogP contribution in [0.3, 0.4) is 0 Å². The summed E-state index contributed by atoms with van der Waals surface area (Å²) >= 11 is 0. The van der Waals surface area contributed by atoms with Crippen LogP contribution in [0.4, 0.5) is 4.39 Å². The quantitative estimate of drug-likeness (QED) is 0.741. The first-order valence-electron chi connectivity index (χ1n) is 4.06. The van der Waals surface area contributed by atoms with E-state index in [2.05, 4.69) is 9.97 Å². The highest BCUT2D eigenvalue weighted by atomic mass is 19.1. The SMILES string of the molecule is O=c1[nH]cncc1-c1cccc(F)c1. The maximum atomic E-state index is 12.9. The molecule has 14 heavy (non-hydrogen) atoms. The summed E-state index contributed by atoms with van der Waals surface area (Å²) in [5.41, 5.74) is 0.622. The molecule has 1 N–H and O–H groups in total. The lowest BCUT2D eigenvalue weighted by atomic mass is 10.1. The molecular formula is C10H7FN2O. The van der Waals surface area contributed by atoms with Gasteiger partial charge in [-0.25, -0.2) is 9.37 Å². The third-order valence-corrected chi connectivity index (χ3v) is 1.85. The van der Waals surface area contributed by atoms with Gasteiger partial charge in [0, 0.05) is 6.20 Å². The molecule has 0 bridgehead atoms. The molecule has 70 valence electrons. The maximum Gasteiger partial charge on any atom is 0.258 e. The highest BCUT2D eigenvalue weighted by Crippen LogP contribution is 2.14. The lowest BCUT2D eigenvalue weighted by Crippen LogP contribution is -2.08. The van der Waals surface area contributed by atoms with Gasteiger partial charge >= 0.3 is 0 Å². The van der Waals surface area contributed by atoms with Gasteiger partial charge in [-0.05, 0) is 17.7 Å². The summed E-state index contributed by atoms with van der Waals surface area (Å²) in [7, 11) is 0. The zero-order valence-corrected chi connectivity index (χ0v) is 7.20. The molecule has 0 fully saturated rings. The second-order valence-electron chi connectivity index (χ2n) is 2.80. The molecule has 0 radical (unpaired) electrons. The van der Waals surface area contributed by atoms with Crippen molar-refractivity contribution in [2.45, 2.75) is 0 Å². The van der Waals surface area contributed by atoms with Gasteiger partial charge in [0.25, 0.3) is 5.56 Å². The van der Waals surface area contributed by atoms with Gasteiger partial charge in [0.05, 0.1) is 11.9 Å². The topological polar surface area (TPSA) is 45.8 Å². The van der Waals surface area contributed by atoms with Crippen molar-refractivity contribution in [3.8, 4) is 11.1 Å². The fourth-order valence-corrected chi connectivity index (χ4v) is 1.21. The fourth-order valence-electron chi connectivity index (χ4n) is 1.21. The van der Waals surface area contributed by atoms with E-state index in [1.807, 2.05) is 0 Å². The van der Waals surface area contributed by atoms with E-state index in [1.54, 1.807) is 12.1 Å². The number of H-pyrrole nitrogens is 1. The molecule has 2 rings (SSSR count). The molecule has 2 aromatic rings. The summed E-state index contributed by atoms with van der Waals surface area (Å²) in [6.07, 6.45) is 2.71. The van der Waals surface area contributed by atoms with Crippen LogP contribution < -0.4 is 5.56 Å². The summed E-state index contributed by atoms with van der Waals surface area (Å²) < 4.78 is 12.9. The van der Waals surface area contributed by atoms with Crippen LogP contribution in [0.15, 0.2) is 41.6 Å². The van der Waals surface area contributed by atoms with Gasteiger partial charge in [0.15, 0.2) is 0 Å². The lowest BCUT2D eigenvalue weighted by molar-refractivity contribution is 0.628. The number of halogens is 1. The van der Waals surface area contributed by atoms with Crippen LogP contribution in [0.2, 0.25) is 0 Å². The standard InChI is InChI=1S/C10H7FN2O/c11-8-3-1-2-7(4-8)9-5-12-6-13-10(9)14/h1-6H,(H,12,13,14). The van der Waals surface area contributed by atoms with Gasteiger partial charge in [-0.1, -0.05) is 12.1 Å². The molecule has 1 heterocycles. The van der Waals surface area contributed by atoms with Crippen molar-refractivity contribution in [1.29, 1.82) is 0 Å². The average molecular weight is 190 g/mol. The van der Waals surface area contributed by atoms with E-state index in [4.69, 9.17) is 0 Å². The van der Waals surface area contributed by atoms with Crippen LogP contribution >= 0.6 is 0 Å². The Morgan fingerprint density at radius 2 is 2.21 bits per heavy atom. The van der Waals surface area contributed by atoms with Crippen LogP contribution in [0, 0.1) is 5.82 Å². The van der Waals surface area contributed by atoms with Gasteiger partial charge in [0.2, 0.25) is 0 Å². The zero-order chi connectivity index (χ0) is 9.97. The summed E-state index contributed by atoms with van der Waals surface area (Å²) in [6, 6.07) is 5.84. The van der Waals surface area contributed by atoms with Crippen molar-refractivity contribution < 1.29 is 4.39 Å². The highest BCUT2D eigenvalue weighted by Gasteiger charge is 2.02. The number of nitrogens with zero attached hydrogens (tertiary/aromatic N) is 1. The molecule has 0 amide bonds. The Balaban J connectivity index is 2.61. The molecule has 0 spiro atoms. The van der Waals surface area contributed by atoms with Gasteiger partial charge in [-0.3, -0.25) is 4.79 Å². The Morgan fingerprint density at radius 1 is 1.36 bits per heavy atom. The summed E-state index contributed by atoms with van der Waals surface area (Å²) in [4.78, 5) is 17.5. The van der Waals surface area contributed by atoms with Crippen molar-refractivity contribution in [3.05, 3.63) is 53.0 Å². The Hall–Kier alpha value is -1.97. The Morgan fingerprint density at radius 3 is 2.93 bits per heavy atom. The Bertz CT molecular complexity index is 507. The van der Waals surface area contributed by atoms with Gasteiger partial charge < -0.3 is 4.98 Å². The zero-order valence-electron chi connectivity index (χ0n) is 7.20. The van der Waals surface area contributed by atoms with E-state index in [1.165, 1.54) is 24.7 Å². The minimum atomic E-state index is -0.370. The van der Waals surface area contributed by atoms with E-state index in [0.29, 0.717) is 11.1 Å². The monoisotopic (exact) mass is 190 g/mol. The maximum absolute atomic E-state index is 12.9. The van der Waals surface area contributed by atoms with Crippen LogP contribution in [0.1, 0.15) is 0 Å². The van der Waals surface area contributed by atoms with Crippen LogP contribution in [-0.4, -0.2) is 9.97 Å². The molecule has 0 atom stereocenters. The molecule has 3 nitrogen and oxygen atoms in total. The van der Waals surface area contributed by atoms with Crippen molar-refractivity contribution in [3.63, 3.8) is 0 Å². The normalized spacial score (nSPS) is 10.1. The largest absolute Gasteiger partial charge is 0.313 e. The first-order valence-corrected chi connectivity index (χ1v) is 4.06. The van der Waals surface area contributed by atoms with E-state index < -0.39 is 0 Å². The third-order valence-electron chi connectivity index (χ3n) is 1.85. The molecule has 0 aliphatic rings. The smallest absolute Gasteiger partial charge is 0.258 e. The Labute approximate surface area is 79.3 Å². The molecule has 0 aliphatic carbocycles. The number of rotatable bonds is 1. The van der Waals surface area contributed by atoms with Crippen LogP contribution in [0.5, 0.6) is 0 Å². The van der Waals surface area contributed by atoms with E-state index in [9.17, 15) is 9.18 Å². The number of nitrogens with one attached hydrogen (secondary N) is 1. The number of hydrogen-bond acceptors (Lipinski definition) is 2. The molecule has 1 aromatic heterocycles. The number of hydrogen-bond donors (Lipinski definition) is 1. The summed E-state index contributed by atoms with van der Waals surface area (Å²) in [5, 5.41) is 0. The van der Waals surface area contributed by atoms with Crippen LogP contribution in [-0.2, 0) is 0 Å². The second-order valence-corrected chi connectivity index (χ2v) is 2.80. The first-order chi connectivity index (χ1) is 6.77. The molecule has 0 saturated heterocycles. The van der Waals surface area contributed by atoms with Gasteiger partial charge in [-0.15, -0.1) is 0 Å². The molecule has 4 heteroatoms. The minimum absolute atomic E-state index is 0.273. The van der Waals surface area contributed by atoms with E-state index >= 15 is 0 Å². The van der Waals surface area contributed by atoms with Crippen molar-refractivity contribution in [1.82, 2.24) is 9.97 Å². The lowest BCUT2D eigenvalue weighted by Gasteiger charge is -1.98. The van der Waals surface area contributed by atoms with Gasteiger partial charge in [0.1, 0.15) is 5.82 Å². The predicted molar refractivity (Wildman–Crippen MR) is 50.3 cm³/mol. The fraction of sp³-hybridized carbons (Fsp3) is 0. The molecule has 0 saturated carbocycles. The molecule has 1 aromatic carbocycles. The summed E-state index contributed by atoms with van der Waals surface area (Å²) in [5.74, 6) is -0.370. The molecular weight excluding hydrogens is 183 g/mol.